The van der Waals surface area contributed by atoms with Crippen LogP contribution < -0.4 is 10.1 Å². The molecule has 4 aliphatic rings. The van der Waals surface area contributed by atoms with Gasteiger partial charge in [-0.3, -0.25) is 4.79 Å². The van der Waals surface area contributed by atoms with E-state index in [1.54, 1.807) is 18.2 Å². The molecule has 3 aromatic rings. The number of phenols is 3. The molecular formula is C39H43NO6. The summed E-state index contributed by atoms with van der Waals surface area (Å²) in [4.78, 5) is 14.3. The summed E-state index contributed by atoms with van der Waals surface area (Å²) in [5, 5.41) is 48.0. The summed E-state index contributed by atoms with van der Waals surface area (Å²) in [6, 6.07) is 20.6. The van der Waals surface area contributed by atoms with Gasteiger partial charge < -0.3 is 30.5 Å². The lowest BCUT2D eigenvalue weighted by atomic mass is 9.40. The number of rotatable bonds is 5. The summed E-state index contributed by atoms with van der Waals surface area (Å²) in [6.07, 6.45) is 5.85. The number of ether oxygens (including phenoxy) is 1. The zero-order valence-corrected chi connectivity index (χ0v) is 26.3. The van der Waals surface area contributed by atoms with E-state index in [0.29, 0.717) is 31.6 Å². The highest BCUT2D eigenvalue weighted by atomic mass is 16.5. The van der Waals surface area contributed by atoms with E-state index in [2.05, 4.69) is 29.3 Å². The number of hydrogen-bond donors (Lipinski definition) is 5. The molecule has 7 atom stereocenters. The summed E-state index contributed by atoms with van der Waals surface area (Å²) in [5.41, 5.74) is 0.737. The van der Waals surface area contributed by atoms with Crippen molar-refractivity contribution in [3.05, 3.63) is 83.4 Å². The van der Waals surface area contributed by atoms with Crippen molar-refractivity contribution in [3.8, 4) is 34.8 Å². The molecule has 1 aliphatic heterocycles. The van der Waals surface area contributed by atoms with E-state index in [-0.39, 0.29) is 65.1 Å². The number of nitrogens with one attached hydrogen (secondary N) is 1. The maximum Gasteiger partial charge on any atom is 0.160 e. The summed E-state index contributed by atoms with van der Waals surface area (Å²) >= 11 is 0. The number of carbonyl (C=O) groups excluding carboxylic acids is 1. The van der Waals surface area contributed by atoms with Gasteiger partial charge >= 0.3 is 0 Å². The first kappa shape index (κ1) is 30.7. The standard InChI is InChI=1S/C39H43NO6/c1-46-35-20-27(11-13-33(35)43)31-22-30(41)23-37(45)17-18-38-15-5-6-16-39(38,29-12-14-32(42)34(44)21-29)36(37)28(24-40-38)10-9-26(31)19-25-7-3-2-4-8-25/h2-4,7-8,11-14,20-21,26,28,31,36,40,42-45H,5-6,15-19,22-24H2,1H3/t26-,28-,31-,36+,37-,38-,39-/m1/s1. The van der Waals surface area contributed by atoms with Crippen LogP contribution in [0.25, 0.3) is 0 Å². The normalized spacial score (nSPS) is 33.7. The van der Waals surface area contributed by atoms with Crippen LogP contribution in [0.3, 0.4) is 0 Å². The zero-order valence-electron chi connectivity index (χ0n) is 26.3. The first-order valence-corrected chi connectivity index (χ1v) is 16.6. The van der Waals surface area contributed by atoms with Crippen LogP contribution in [0.4, 0.5) is 0 Å². The molecule has 5 N–H and O–H groups in total. The summed E-state index contributed by atoms with van der Waals surface area (Å²) in [5.74, 6) is 6.35. The number of benzene rings is 3. The van der Waals surface area contributed by atoms with Gasteiger partial charge in [0.1, 0.15) is 5.78 Å². The van der Waals surface area contributed by atoms with E-state index in [1.165, 1.54) is 7.11 Å². The number of aliphatic hydroxyl groups is 1. The lowest BCUT2D eigenvalue weighted by Gasteiger charge is -2.69. The largest absolute Gasteiger partial charge is 0.504 e. The molecule has 7 rings (SSSR count). The average Bonchev–Trinajstić information content (AvgIpc) is 3.05. The van der Waals surface area contributed by atoms with Crippen molar-refractivity contribution in [3.63, 3.8) is 0 Å². The van der Waals surface area contributed by atoms with Crippen LogP contribution >= 0.6 is 0 Å². The second-order valence-corrected chi connectivity index (χ2v) is 14.1. The minimum atomic E-state index is -1.28. The van der Waals surface area contributed by atoms with E-state index in [1.807, 2.05) is 36.4 Å². The van der Waals surface area contributed by atoms with Crippen LogP contribution in [0.15, 0.2) is 66.7 Å². The first-order chi connectivity index (χ1) is 22.2. The molecule has 3 fully saturated rings. The highest BCUT2D eigenvalue weighted by Crippen LogP contribution is 2.65. The Morgan fingerprint density at radius 3 is 2.46 bits per heavy atom. The molecule has 0 spiro atoms. The molecule has 1 saturated heterocycles. The molecule has 0 radical (unpaired) electrons. The van der Waals surface area contributed by atoms with Gasteiger partial charge in [0.25, 0.3) is 0 Å². The highest BCUT2D eigenvalue weighted by molar-refractivity contribution is 5.81. The van der Waals surface area contributed by atoms with Gasteiger partial charge in [0, 0.05) is 54.0 Å². The molecule has 3 aromatic carbocycles. The third-order valence-corrected chi connectivity index (χ3v) is 11.7. The fourth-order valence-electron chi connectivity index (χ4n) is 9.80. The molecule has 46 heavy (non-hydrogen) atoms. The van der Waals surface area contributed by atoms with Crippen LogP contribution in [0.2, 0.25) is 0 Å². The van der Waals surface area contributed by atoms with Gasteiger partial charge in [-0.1, -0.05) is 67.1 Å². The Labute approximate surface area is 270 Å². The van der Waals surface area contributed by atoms with Gasteiger partial charge in [0.05, 0.1) is 12.7 Å². The van der Waals surface area contributed by atoms with Gasteiger partial charge in [0.15, 0.2) is 23.0 Å². The Morgan fingerprint density at radius 2 is 1.67 bits per heavy atom. The Balaban J connectivity index is 1.40. The third-order valence-electron chi connectivity index (χ3n) is 11.7. The molecule has 240 valence electrons. The second-order valence-electron chi connectivity index (χ2n) is 14.1. The molecule has 2 saturated carbocycles. The van der Waals surface area contributed by atoms with Crippen LogP contribution in [-0.2, 0) is 16.6 Å². The van der Waals surface area contributed by atoms with Gasteiger partial charge in [-0.05, 0) is 73.1 Å². The molecule has 7 nitrogen and oxygen atoms in total. The smallest absolute Gasteiger partial charge is 0.160 e. The lowest BCUT2D eigenvalue weighted by Crippen LogP contribution is -2.77. The number of phenolic OH excluding ortho intramolecular Hbond substituents is 3. The fraction of sp³-hybridized carbons (Fsp3) is 0.462. The van der Waals surface area contributed by atoms with Crippen molar-refractivity contribution in [2.45, 2.75) is 80.3 Å². The zero-order chi connectivity index (χ0) is 32.1. The van der Waals surface area contributed by atoms with Crippen LogP contribution in [0.1, 0.15) is 74.0 Å². The molecule has 7 heteroatoms. The predicted octanol–water partition coefficient (Wildman–Crippen LogP) is 5.73. The molecular weight excluding hydrogens is 578 g/mol. The molecule has 0 unspecified atom stereocenters. The molecule has 0 aromatic heterocycles. The van der Waals surface area contributed by atoms with Crippen molar-refractivity contribution >= 4 is 5.78 Å². The Morgan fingerprint density at radius 1 is 0.891 bits per heavy atom. The maximum absolute atomic E-state index is 14.3. The van der Waals surface area contributed by atoms with E-state index < -0.39 is 11.0 Å². The molecule has 3 aliphatic carbocycles. The van der Waals surface area contributed by atoms with E-state index in [4.69, 9.17) is 4.74 Å². The minimum Gasteiger partial charge on any atom is -0.504 e. The van der Waals surface area contributed by atoms with Crippen molar-refractivity contribution < 1.29 is 30.0 Å². The number of aromatic hydroxyl groups is 3. The first-order valence-electron chi connectivity index (χ1n) is 16.6. The maximum atomic E-state index is 14.3. The summed E-state index contributed by atoms with van der Waals surface area (Å²) in [6.45, 7) is 0.607. The number of methoxy groups -OCH3 is 1. The van der Waals surface area contributed by atoms with Crippen LogP contribution in [0, 0.1) is 29.6 Å². The van der Waals surface area contributed by atoms with Gasteiger partial charge in [-0.25, -0.2) is 0 Å². The predicted molar refractivity (Wildman–Crippen MR) is 175 cm³/mol. The van der Waals surface area contributed by atoms with Crippen molar-refractivity contribution in [2.75, 3.05) is 13.7 Å². The third kappa shape index (κ3) is 4.94. The van der Waals surface area contributed by atoms with Crippen LogP contribution in [0.5, 0.6) is 23.0 Å². The summed E-state index contributed by atoms with van der Waals surface area (Å²) < 4.78 is 5.45. The topological polar surface area (TPSA) is 119 Å². The van der Waals surface area contributed by atoms with E-state index in [0.717, 1.165) is 42.4 Å². The quantitative estimate of drug-likeness (QED) is 0.182. The fourth-order valence-corrected chi connectivity index (χ4v) is 9.80. The van der Waals surface area contributed by atoms with Crippen molar-refractivity contribution in [2.24, 2.45) is 17.8 Å². The Hall–Kier alpha value is -3.99. The van der Waals surface area contributed by atoms with E-state index in [9.17, 15) is 25.2 Å². The minimum absolute atomic E-state index is 0.00870. The van der Waals surface area contributed by atoms with Gasteiger partial charge in [-0.15, -0.1) is 0 Å². The number of ketones is 1. The lowest BCUT2D eigenvalue weighted by molar-refractivity contribution is -0.175. The number of carbonyl (C=O) groups is 1. The van der Waals surface area contributed by atoms with Crippen molar-refractivity contribution in [1.29, 1.82) is 0 Å². The van der Waals surface area contributed by atoms with Gasteiger partial charge in [-0.2, -0.15) is 0 Å². The van der Waals surface area contributed by atoms with Crippen LogP contribution in [-0.4, -0.2) is 51.0 Å². The monoisotopic (exact) mass is 621 g/mol. The molecule has 2 bridgehead atoms. The molecule has 1 heterocycles. The average molecular weight is 622 g/mol. The van der Waals surface area contributed by atoms with E-state index >= 15 is 0 Å². The highest BCUT2D eigenvalue weighted by Gasteiger charge is 2.69. The number of piperidine rings is 1. The van der Waals surface area contributed by atoms with Crippen molar-refractivity contribution in [1.82, 2.24) is 5.32 Å². The Bertz CT molecular complexity index is 1700. The summed E-state index contributed by atoms with van der Waals surface area (Å²) in [7, 11) is 1.52. The number of hydrogen-bond acceptors (Lipinski definition) is 7. The Kier molecular flexibility index (Phi) is 7.77. The number of Topliss-reactive ketones (excluding diaryl/α,β-unsaturated/α-hetero) is 1. The van der Waals surface area contributed by atoms with Gasteiger partial charge in [0.2, 0.25) is 0 Å². The molecule has 0 amide bonds. The second kappa shape index (κ2) is 11.7. The SMILES string of the molecule is COc1cc([C@@H]2CC(=O)C[C@]3(O)CC[C@]45CCCC[C@@]4(c4ccc(O)c(O)c4)[C@H]3[C@H](C#C[C@@H]2Cc2ccccc2)CN5)ccc1O.